The Morgan fingerprint density at radius 3 is 2.60 bits per heavy atom. The van der Waals surface area contributed by atoms with Crippen molar-refractivity contribution in [1.82, 2.24) is 20.1 Å². The van der Waals surface area contributed by atoms with Gasteiger partial charge >= 0.3 is 6.18 Å². The Balaban J connectivity index is 2.12. The van der Waals surface area contributed by atoms with Gasteiger partial charge in [0.1, 0.15) is 0 Å². The number of guanidine groups is 1. The Labute approximate surface area is 178 Å². The molecule has 0 saturated heterocycles. The van der Waals surface area contributed by atoms with E-state index in [1.807, 2.05) is 25.1 Å². The van der Waals surface area contributed by atoms with E-state index in [0.29, 0.717) is 24.5 Å². The van der Waals surface area contributed by atoms with Gasteiger partial charge in [-0.3, -0.25) is 4.79 Å². The largest absolute Gasteiger partial charge is 0.416 e. The quantitative estimate of drug-likeness (QED) is 0.530. The molecule has 0 bridgehead atoms. The van der Waals surface area contributed by atoms with Crippen LogP contribution in [0.3, 0.4) is 0 Å². The van der Waals surface area contributed by atoms with Crippen LogP contribution in [0.25, 0.3) is 0 Å². The molecule has 0 aliphatic carbocycles. The third-order valence-electron chi connectivity index (χ3n) is 4.25. The maximum Gasteiger partial charge on any atom is 0.416 e. The van der Waals surface area contributed by atoms with E-state index in [1.54, 1.807) is 31.5 Å². The number of likely N-dealkylation sites (N-methyl/N-ethyl adjacent to an activating group) is 2. The highest BCUT2D eigenvalue weighted by molar-refractivity contribution is 7.11. The standard InChI is InChI=1S/C20H26F3N5OS/c1-14-11-24-17(30-14)8-9-28(4)19(26-13-18(29)27(2)3)25-12-15-6-5-7-16(10-15)20(21,22)23/h5-7,10-11H,8-9,12-13H2,1-4H3,(H,25,26). The zero-order valence-corrected chi connectivity index (χ0v) is 18.3. The number of benzene rings is 1. The molecule has 0 spiro atoms. The molecule has 1 N–H and O–H groups in total. The van der Waals surface area contributed by atoms with E-state index in [0.717, 1.165) is 22.0 Å². The van der Waals surface area contributed by atoms with Gasteiger partial charge in [-0.2, -0.15) is 13.2 Å². The van der Waals surface area contributed by atoms with Crippen molar-refractivity contribution in [3.63, 3.8) is 0 Å². The van der Waals surface area contributed by atoms with Gasteiger partial charge in [-0.05, 0) is 24.6 Å². The van der Waals surface area contributed by atoms with Crippen molar-refractivity contribution in [3.05, 3.63) is 51.5 Å². The van der Waals surface area contributed by atoms with E-state index in [1.165, 1.54) is 11.0 Å². The second-order valence-electron chi connectivity index (χ2n) is 7.02. The number of rotatable bonds is 7. The van der Waals surface area contributed by atoms with E-state index in [-0.39, 0.29) is 19.0 Å². The lowest BCUT2D eigenvalue weighted by molar-refractivity contribution is -0.137. The summed E-state index contributed by atoms with van der Waals surface area (Å²) in [6.45, 7) is 2.68. The molecule has 0 atom stereocenters. The number of nitrogens with zero attached hydrogens (tertiary/aromatic N) is 4. The van der Waals surface area contributed by atoms with Crippen LogP contribution in [-0.4, -0.2) is 60.9 Å². The van der Waals surface area contributed by atoms with Gasteiger partial charge in [0.15, 0.2) is 5.96 Å². The van der Waals surface area contributed by atoms with Gasteiger partial charge in [-0.1, -0.05) is 12.1 Å². The fourth-order valence-electron chi connectivity index (χ4n) is 2.52. The first kappa shape index (κ1) is 23.7. The molecule has 0 radical (unpaired) electrons. The first-order valence-electron chi connectivity index (χ1n) is 9.33. The van der Waals surface area contributed by atoms with Crippen LogP contribution >= 0.6 is 11.3 Å². The van der Waals surface area contributed by atoms with Crippen LogP contribution in [0.15, 0.2) is 35.5 Å². The Morgan fingerprint density at radius 1 is 1.27 bits per heavy atom. The molecule has 0 unspecified atom stereocenters. The van der Waals surface area contributed by atoms with Gasteiger partial charge < -0.3 is 15.1 Å². The predicted molar refractivity (Wildman–Crippen MR) is 112 cm³/mol. The highest BCUT2D eigenvalue weighted by Crippen LogP contribution is 2.29. The number of aliphatic imine (C=N–C) groups is 1. The molecule has 0 aliphatic rings. The van der Waals surface area contributed by atoms with Crippen LogP contribution in [0, 0.1) is 6.92 Å². The summed E-state index contributed by atoms with van der Waals surface area (Å²) in [5.41, 5.74) is -0.271. The van der Waals surface area contributed by atoms with Crippen molar-refractivity contribution < 1.29 is 18.0 Å². The summed E-state index contributed by atoms with van der Waals surface area (Å²) in [5.74, 6) is 0.307. The van der Waals surface area contributed by atoms with Gasteiger partial charge in [-0.25, -0.2) is 9.98 Å². The summed E-state index contributed by atoms with van der Waals surface area (Å²) < 4.78 is 38.8. The van der Waals surface area contributed by atoms with E-state index in [2.05, 4.69) is 15.3 Å². The summed E-state index contributed by atoms with van der Waals surface area (Å²) in [7, 11) is 5.12. The minimum atomic E-state index is -4.40. The molecule has 0 fully saturated rings. The van der Waals surface area contributed by atoms with Crippen molar-refractivity contribution >= 4 is 23.2 Å². The lowest BCUT2D eigenvalue weighted by Gasteiger charge is -2.23. The number of halogens is 3. The highest BCUT2D eigenvalue weighted by Gasteiger charge is 2.30. The first-order chi connectivity index (χ1) is 14.1. The number of alkyl halides is 3. The number of hydrogen-bond donors (Lipinski definition) is 1. The second kappa shape index (κ2) is 10.4. The molecule has 2 rings (SSSR count). The number of hydrogen-bond acceptors (Lipinski definition) is 4. The molecule has 30 heavy (non-hydrogen) atoms. The molecular formula is C20H26F3N5OS. The van der Waals surface area contributed by atoms with E-state index in [4.69, 9.17) is 0 Å². The van der Waals surface area contributed by atoms with Gasteiger partial charge in [-0.15, -0.1) is 11.3 Å². The molecule has 1 aromatic heterocycles. The van der Waals surface area contributed by atoms with Crippen LogP contribution in [0.4, 0.5) is 13.2 Å². The number of aryl methyl sites for hydroxylation is 1. The Morgan fingerprint density at radius 2 is 2.00 bits per heavy atom. The number of carbonyl (C=O) groups is 1. The van der Waals surface area contributed by atoms with E-state index >= 15 is 0 Å². The van der Waals surface area contributed by atoms with Crippen molar-refractivity contribution in [2.75, 3.05) is 34.2 Å². The Bertz CT molecular complexity index is 879. The van der Waals surface area contributed by atoms with Gasteiger partial charge in [0, 0.05) is 45.2 Å². The number of carbonyl (C=O) groups excluding carboxylic acids is 1. The maximum atomic E-state index is 12.9. The van der Waals surface area contributed by atoms with Crippen molar-refractivity contribution in [2.45, 2.75) is 26.1 Å². The molecule has 0 aliphatic heterocycles. The molecule has 10 heteroatoms. The number of aromatic nitrogens is 1. The fraction of sp³-hybridized carbons (Fsp3) is 0.450. The third kappa shape index (κ3) is 7.33. The summed E-state index contributed by atoms with van der Waals surface area (Å²) in [5, 5.41) is 3.99. The average molecular weight is 442 g/mol. The molecule has 164 valence electrons. The third-order valence-corrected chi connectivity index (χ3v) is 5.23. The molecule has 0 saturated carbocycles. The van der Waals surface area contributed by atoms with Crippen LogP contribution in [0.5, 0.6) is 0 Å². The molecule has 1 heterocycles. The van der Waals surface area contributed by atoms with Crippen LogP contribution in [0.2, 0.25) is 0 Å². The fourth-order valence-corrected chi connectivity index (χ4v) is 3.30. The van der Waals surface area contributed by atoms with Gasteiger partial charge in [0.05, 0.1) is 23.7 Å². The molecular weight excluding hydrogens is 415 g/mol. The lowest BCUT2D eigenvalue weighted by atomic mass is 10.1. The Hall–Kier alpha value is -2.62. The lowest BCUT2D eigenvalue weighted by Crippen LogP contribution is -2.44. The topological polar surface area (TPSA) is 60.8 Å². The molecule has 1 amide bonds. The highest BCUT2D eigenvalue weighted by atomic mass is 32.1. The van der Waals surface area contributed by atoms with Gasteiger partial charge in [0.2, 0.25) is 5.91 Å². The summed E-state index contributed by atoms with van der Waals surface area (Å²) in [4.78, 5) is 25.1. The second-order valence-corrected chi connectivity index (χ2v) is 8.34. The number of amides is 1. The number of thiazole rings is 1. The van der Waals surface area contributed by atoms with Crippen LogP contribution in [0.1, 0.15) is 21.0 Å². The SMILES string of the molecule is Cc1cnc(CCN(C)C(=NCc2cccc(C(F)(F)F)c2)NCC(=O)N(C)C)s1. The van der Waals surface area contributed by atoms with Crippen molar-refractivity contribution in [1.29, 1.82) is 0 Å². The van der Waals surface area contributed by atoms with Crippen molar-refractivity contribution in [3.8, 4) is 0 Å². The minimum Gasteiger partial charge on any atom is -0.347 e. The molecule has 2 aromatic rings. The first-order valence-corrected chi connectivity index (χ1v) is 10.1. The smallest absolute Gasteiger partial charge is 0.347 e. The van der Waals surface area contributed by atoms with E-state index < -0.39 is 11.7 Å². The zero-order valence-electron chi connectivity index (χ0n) is 17.5. The summed E-state index contributed by atoms with van der Waals surface area (Å²) in [6.07, 6.45) is -1.89. The minimum absolute atomic E-state index is 0.0368. The average Bonchev–Trinajstić information content (AvgIpc) is 3.10. The predicted octanol–water partition coefficient (Wildman–Crippen LogP) is 3.18. The monoisotopic (exact) mass is 441 g/mol. The van der Waals surface area contributed by atoms with Gasteiger partial charge in [0.25, 0.3) is 0 Å². The maximum absolute atomic E-state index is 12.9. The summed E-state index contributed by atoms with van der Waals surface area (Å²) in [6, 6.07) is 5.08. The van der Waals surface area contributed by atoms with E-state index in [9.17, 15) is 18.0 Å². The normalized spacial score (nSPS) is 12.0. The molecule has 1 aromatic carbocycles. The van der Waals surface area contributed by atoms with Crippen LogP contribution < -0.4 is 5.32 Å². The zero-order chi connectivity index (χ0) is 22.3. The number of nitrogens with one attached hydrogen (secondary N) is 1. The summed E-state index contributed by atoms with van der Waals surface area (Å²) >= 11 is 1.61. The van der Waals surface area contributed by atoms with Crippen molar-refractivity contribution in [2.24, 2.45) is 4.99 Å². The Kier molecular flexibility index (Phi) is 8.22. The van der Waals surface area contributed by atoms with Crippen LogP contribution in [-0.2, 0) is 23.9 Å². The molecule has 6 nitrogen and oxygen atoms in total.